The first-order valence-corrected chi connectivity index (χ1v) is 7.80. The van der Waals surface area contributed by atoms with Gasteiger partial charge in [-0.15, -0.1) is 0 Å². The largest absolute Gasteiger partial charge is 0.496 e. The summed E-state index contributed by atoms with van der Waals surface area (Å²) in [5, 5.41) is 4.86. The molecule has 0 atom stereocenters. The minimum absolute atomic E-state index is 0.00377. The highest BCUT2D eigenvalue weighted by atomic mass is 79.9. The molecule has 8 heteroatoms. The van der Waals surface area contributed by atoms with Crippen molar-refractivity contribution in [2.45, 2.75) is 0 Å². The first-order valence-electron chi connectivity index (χ1n) is 4.50. The van der Waals surface area contributed by atoms with E-state index in [1.165, 1.54) is 0 Å². The van der Waals surface area contributed by atoms with Gasteiger partial charge in [-0.05, 0) is 44.0 Å². The molecule has 1 aromatic carbocycles. The zero-order chi connectivity index (χ0) is 13.1. The van der Waals surface area contributed by atoms with Gasteiger partial charge < -0.3 is 9.47 Å². The van der Waals surface area contributed by atoms with E-state index < -0.39 is 10.0 Å². The van der Waals surface area contributed by atoms with Crippen molar-refractivity contribution in [1.29, 1.82) is 0 Å². The van der Waals surface area contributed by atoms with Crippen molar-refractivity contribution in [2.24, 2.45) is 5.14 Å². The highest BCUT2D eigenvalue weighted by Crippen LogP contribution is 2.35. The second-order valence-corrected chi connectivity index (χ2v) is 6.58. The molecule has 5 nitrogen and oxygen atoms in total. The van der Waals surface area contributed by atoms with Crippen LogP contribution in [0.4, 0.5) is 0 Å². The van der Waals surface area contributed by atoms with Crippen LogP contribution in [0.2, 0.25) is 0 Å². The molecule has 0 spiro atoms. The van der Waals surface area contributed by atoms with Gasteiger partial charge in [-0.25, -0.2) is 13.6 Å². The van der Waals surface area contributed by atoms with Crippen LogP contribution in [0, 0.1) is 0 Å². The number of rotatable bonds is 5. The lowest BCUT2D eigenvalue weighted by Crippen LogP contribution is -2.21. The van der Waals surface area contributed by atoms with Gasteiger partial charge in [0, 0.05) is 0 Å². The Morgan fingerprint density at radius 2 is 1.76 bits per heavy atom. The fraction of sp³-hybridized carbons (Fsp3) is 0.333. The number of hydrogen-bond donors (Lipinski definition) is 1. The Bertz CT molecular complexity index is 504. The second kappa shape index (κ2) is 6.03. The zero-order valence-electron chi connectivity index (χ0n) is 8.94. The maximum atomic E-state index is 10.7. The lowest BCUT2D eigenvalue weighted by molar-refractivity contribution is 0.337. The van der Waals surface area contributed by atoms with E-state index in [4.69, 9.17) is 14.6 Å². The smallest absolute Gasteiger partial charge is 0.212 e. The predicted octanol–water partition coefficient (Wildman–Crippen LogP) is 1.89. The van der Waals surface area contributed by atoms with E-state index in [9.17, 15) is 8.42 Å². The Kier molecular flexibility index (Phi) is 5.23. The van der Waals surface area contributed by atoms with Crippen LogP contribution < -0.4 is 14.6 Å². The molecule has 0 aliphatic rings. The number of methoxy groups -OCH3 is 1. The van der Waals surface area contributed by atoms with E-state index in [1.807, 2.05) is 0 Å². The molecule has 0 aliphatic carbocycles. The van der Waals surface area contributed by atoms with E-state index in [2.05, 4.69) is 31.9 Å². The molecular formula is C9H11Br2NO4S. The molecule has 0 bridgehead atoms. The van der Waals surface area contributed by atoms with Gasteiger partial charge in [0.2, 0.25) is 10.0 Å². The van der Waals surface area contributed by atoms with Crippen LogP contribution in [0.15, 0.2) is 21.1 Å². The molecule has 0 amide bonds. The minimum atomic E-state index is -3.51. The van der Waals surface area contributed by atoms with Crippen LogP contribution in [0.1, 0.15) is 0 Å². The van der Waals surface area contributed by atoms with E-state index in [0.717, 1.165) is 0 Å². The normalized spacial score (nSPS) is 11.3. The van der Waals surface area contributed by atoms with Gasteiger partial charge >= 0.3 is 0 Å². The average molecular weight is 389 g/mol. The van der Waals surface area contributed by atoms with Gasteiger partial charge in [0.25, 0.3) is 0 Å². The molecular weight excluding hydrogens is 378 g/mol. The summed E-state index contributed by atoms with van der Waals surface area (Å²) in [7, 11) is -1.96. The molecule has 1 rings (SSSR count). The van der Waals surface area contributed by atoms with Crippen LogP contribution in [0.25, 0.3) is 0 Å². The van der Waals surface area contributed by atoms with Gasteiger partial charge in [-0.3, -0.25) is 0 Å². The zero-order valence-corrected chi connectivity index (χ0v) is 12.9. The summed E-state index contributed by atoms with van der Waals surface area (Å²) in [6.07, 6.45) is 0. The Labute approximate surface area is 117 Å². The lowest BCUT2D eigenvalue weighted by Gasteiger charge is -2.10. The number of primary sulfonamides is 1. The first kappa shape index (κ1) is 14.7. The lowest BCUT2D eigenvalue weighted by atomic mass is 10.3. The molecule has 0 saturated carbocycles. The molecule has 17 heavy (non-hydrogen) atoms. The SMILES string of the molecule is COc1cc(Br)c(OCCS(N)(=O)=O)cc1Br. The number of hydrogen-bond acceptors (Lipinski definition) is 4. The van der Waals surface area contributed by atoms with E-state index in [1.54, 1.807) is 19.2 Å². The monoisotopic (exact) mass is 387 g/mol. The number of benzene rings is 1. The summed E-state index contributed by atoms with van der Waals surface area (Å²) in [6, 6.07) is 3.41. The second-order valence-electron chi connectivity index (χ2n) is 3.13. The Morgan fingerprint density at radius 1 is 1.24 bits per heavy atom. The van der Waals surface area contributed by atoms with Crippen molar-refractivity contribution in [3.05, 3.63) is 21.1 Å². The highest BCUT2D eigenvalue weighted by Gasteiger charge is 2.09. The fourth-order valence-corrected chi connectivity index (χ4v) is 2.28. The Balaban J connectivity index is 2.75. The minimum Gasteiger partial charge on any atom is -0.496 e. The maximum Gasteiger partial charge on any atom is 0.212 e. The average Bonchev–Trinajstić information content (AvgIpc) is 2.20. The van der Waals surface area contributed by atoms with Crippen LogP contribution >= 0.6 is 31.9 Å². The van der Waals surface area contributed by atoms with Crippen LogP contribution in [-0.2, 0) is 10.0 Å². The molecule has 2 N–H and O–H groups in total. The van der Waals surface area contributed by atoms with Gasteiger partial charge in [0.15, 0.2) is 0 Å². The Morgan fingerprint density at radius 3 is 2.29 bits per heavy atom. The summed E-state index contributed by atoms with van der Waals surface area (Å²) >= 11 is 6.60. The number of sulfonamides is 1. The highest BCUT2D eigenvalue weighted by molar-refractivity contribution is 9.11. The van der Waals surface area contributed by atoms with E-state index in [0.29, 0.717) is 20.4 Å². The summed E-state index contributed by atoms with van der Waals surface area (Å²) in [5.74, 6) is 0.931. The summed E-state index contributed by atoms with van der Waals surface area (Å²) < 4.78 is 33.2. The molecule has 0 aliphatic heterocycles. The van der Waals surface area contributed by atoms with Crippen molar-refractivity contribution >= 4 is 41.9 Å². The molecule has 0 fully saturated rings. The van der Waals surface area contributed by atoms with Gasteiger partial charge in [-0.2, -0.15) is 0 Å². The standard InChI is InChI=1S/C9H11Br2NO4S/c1-15-8-4-7(11)9(5-6(8)10)16-2-3-17(12,13)14/h4-5H,2-3H2,1H3,(H2,12,13,14). The van der Waals surface area contributed by atoms with Crippen molar-refractivity contribution < 1.29 is 17.9 Å². The maximum absolute atomic E-state index is 10.7. The van der Waals surface area contributed by atoms with Crippen LogP contribution in [0.3, 0.4) is 0 Å². The van der Waals surface area contributed by atoms with Crippen molar-refractivity contribution in [3.8, 4) is 11.5 Å². The third-order valence-corrected chi connectivity index (χ3v) is 3.81. The predicted molar refractivity (Wildman–Crippen MR) is 71.9 cm³/mol. The first-order chi connectivity index (χ1) is 7.83. The van der Waals surface area contributed by atoms with Gasteiger partial charge in [-0.1, -0.05) is 0 Å². The van der Waals surface area contributed by atoms with Crippen molar-refractivity contribution in [3.63, 3.8) is 0 Å². The van der Waals surface area contributed by atoms with E-state index >= 15 is 0 Å². The van der Waals surface area contributed by atoms with Crippen LogP contribution in [0.5, 0.6) is 11.5 Å². The third kappa shape index (κ3) is 4.82. The van der Waals surface area contributed by atoms with Crippen molar-refractivity contribution in [2.75, 3.05) is 19.5 Å². The molecule has 0 radical (unpaired) electrons. The molecule has 0 heterocycles. The summed E-state index contributed by atoms with van der Waals surface area (Å²) in [6.45, 7) is -0.00377. The fourth-order valence-electron chi connectivity index (χ4n) is 1.05. The molecule has 0 unspecified atom stereocenters. The Hall–Kier alpha value is -0.310. The van der Waals surface area contributed by atoms with Crippen molar-refractivity contribution in [1.82, 2.24) is 0 Å². The summed E-state index contributed by atoms with van der Waals surface area (Å²) in [5.41, 5.74) is 0. The number of ether oxygens (including phenoxy) is 2. The van der Waals surface area contributed by atoms with Gasteiger partial charge in [0.1, 0.15) is 18.1 Å². The molecule has 96 valence electrons. The van der Waals surface area contributed by atoms with Crippen LogP contribution in [-0.4, -0.2) is 27.9 Å². The molecule has 0 saturated heterocycles. The summed E-state index contributed by atoms with van der Waals surface area (Å²) in [4.78, 5) is 0. The third-order valence-electron chi connectivity index (χ3n) is 1.83. The number of halogens is 2. The quantitative estimate of drug-likeness (QED) is 0.835. The number of nitrogens with two attached hydrogens (primary N) is 1. The van der Waals surface area contributed by atoms with E-state index in [-0.39, 0.29) is 12.4 Å². The molecule has 0 aromatic heterocycles. The topological polar surface area (TPSA) is 78.6 Å². The molecule has 1 aromatic rings. The van der Waals surface area contributed by atoms with Gasteiger partial charge in [0.05, 0.1) is 21.8 Å².